The standard InChI is InChI=1S/C10H10ClFN2/c11-8-6-7(12)3-4-9(8)14-10-2-1-5-13-10/h3-4,6H,1-2,5H2,(H,13,14). The van der Waals surface area contributed by atoms with Crippen LogP contribution in [0.3, 0.4) is 0 Å². The molecule has 74 valence electrons. The van der Waals surface area contributed by atoms with E-state index in [1.807, 2.05) is 0 Å². The Hall–Kier alpha value is -1.09. The molecule has 0 saturated carbocycles. The van der Waals surface area contributed by atoms with Crippen LogP contribution in [0.5, 0.6) is 0 Å². The molecular formula is C10H10ClFN2. The van der Waals surface area contributed by atoms with Gasteiger partial charge in [0.25, 0.3) is 0 Å². The fourth-order valence-electron chi connectivity index (χ4n) is 1.39. The molecule has 0 aliphatic carbocycles. The normalized spacial score (nSPS) is 15.4. The van der Waals surface area contributed by atoms with Gasteiger partial charge in [-0.25, -0.2) is 4.39 Å². The summed E-state index contributed by atoms with van der Waals surface area (Å²) in [6, 6.07) is 4.29. The molecule has 1 heterocycles. The summed E-state index contributed by atoms with van der Waals surface area (Å²) in [5.41, 5.74) is 0.716. The van der Waals surface area contributed by atoms with Crippen LogP contribution < -0.4 is 5.32 Å². The second-order valence-corrected chi connectivity index (χ2v) is 3.59. The van der Waals surface area contributed by atoms with Gasteiger partial charge in [-0.3, -0.25) is 4.99 Å². The number of amidine groups is 1. The maximum absolute atomic E-state index is 12.7. The van der Waals surface area contributed by atoms with Crippen LogP contribution in [0, 0.1) is 5.82 Å². The minimum Gasteiger partial charge on any atom is -0.343 e. The van der Waals surface area contributed by atoms with Crippen LogP contribution in [-0.4, -0.2) is 12.4 Å². The van der Waals surface area contributed by atoms with Gasteiger partial charge in [-0.2, -0.15) is 0 Å². The summed E-state index contributed by atoms with van der Waals surface area (Å²) in [4.78, 5) is 4.25. The SMILES string of the molecule is Fc1ccc(NC2=NCCC2)c(Cl)c1. The molecular weight excluding hydrogens is 203 g/mol. The van der Waals surface area contributed by atoms with Crippen molar-refractivity contribution in [1.82, 2.24) is 0 Å². The van der Waals surface area contributed by atoms with E-state index >= 15 is 0 Å². The van der Waals surface area contributed by atoms with Crippen LogP contribution in [0.25, 0.3) is 0 Å². The number of nitrogens with one attached hydrogen (secondary N) is 1. The van der Waals surface area contributed by atoms with Crippen molar-refractivity contribution in [2.45, 2.75) is 12.8 Å². The van der Waals surface area contributed by atoms with E-state index in [4.69, 9.17) is 11.6 Å². The molecule has 0 fully saturated rings. The summed E-state index contributed by atoms with van der Waals surface area (Å²) < 4.78 is 12.7. The molecule has 2 nitrogen and oxygen atoms in total. The van der Waals surface area contributed by atoms with Crippen molar-refractivity contribution in [3.05, 3.63) is 29.0 Å². The fraction of sp³-hybridized carbons (Fsp3) is 0.300. The van der Waals surface area contributed by atoms with Crippen molar-refractivity contribution in [2.75, 3.05) is 11.9 Å². The van der Waals surface area contributed by atoms with Crippen LogP contribution in [-0.2, 0) is 0 Å². The molecule has 0 atom stereocenters. The number of halogens is 2. The number of rotatable bonds is 1. The molecule has 0 spiro atoms. The zero-order chi connectivity index (χ0) is 9.97. The van der Waals surface area contributed by atoms with E-state index in [1.165, 1.54) is 12.1 Å². The fourth-order valence-corrected chi connectivity index (χ4v) is 1.60. The van der Waals surface area contributed by atoms with Crippen LogP contribution in [0.15, 0.2) is 23.2 Å². The molecule has 0 radical (unpaired) electrons. The van der Waals surface area contributed by atoms with Crippen LogP contribution in [0.4, 0.5) is 10.1 Å². The molecule has 0 unspecified atom stereocenters. The maximum Gasteiger partial charge on any atom is 0.124 e. The molecule has 0 amide bonds. The molecule has 0 aromatic heterocycles. The molecule has 1 aliphatic heterocycles. The van der Waals surface area contributed by atoms with Gasteiger partial charge in [-0.1, -0.05) is 11.6 Å². The molecule has 2 rings (SSSR count). The lowest BCUT2D eigenvalue weighted by atomic mass is 10.3. The van der Waals surface area contributed by atoms with Crippen LogP contribution in [0.2, 0.25) is 5.02 Å². The molecule has 4 heteroatoms. The second-order valence-electron chi connectivity index (χ2n) is 3.18. The smallest absolute Gasteiger partial charge is 0.124 e. The van der Waals surface area contributed by atoms with Gasteiger partial charge in [0.1, 0.15) is 11.7 Å². The predicted octanol–water partition coefficient (Wildman–Crippen LogP) is 3.08. The minimum atomic E-state index is -0.325. The first-order valence-corrected chi connectivity index (χ1v) is 4.89. The van der Waals surface area contributed by atoms with Gasteiger partial charge in [0.15, 0.2) is 0 Å². The maximum atomic E-state index is 12.7. The first-order chi connectivity index (χ1) is 6.75. The van der Waals surface area contributed by atoms with E-state index in [1.54, 1.807) is 6.07 Å². The molecule has 1 N–H and O–H groups in total. The van der Waals surface area contributed by atoms with Gasteiger partial charge in [0.2, 0.25) is 0 Å². The van der Waals surface area contributed by atoms with Crippen molar-refractivity contribution in [2.24, 2.45) is 4.99 Å². The average molecular weight is 213 g/mol. The largest absolute Gasteiger partial charge is 0.343 e. The Kier molecular flexibility index (Phi) is 2.68. The lowest BCUT2D eigenvalue weighted by Gasteiger charge is -2.07. The molecule has 0 saturated heterocycles. The van der Waals surface area contributed by atoms with Gasteiger partial charge >= 0.3 is 0 Å². The Morgan fingerprint density at radius 3 is 2.93 bits per heavy atom. The summed E-state index contributed by atoms with van der Waals surface area (Å²) in [6.45, 7) is 0.862. The van der Waals surface area contributed by atoms with Crippen molar-refractivity contribution >= 4 is 23.1 Å². The Morgan fingerprint density at radius 2 is 2.29 bits per heavy atom. The summed E-state index contributed by atoms with van der Waals surface area (Å²) in [5.74, 6) is 0.604. The predicted molar refractivity (Wildman–Crippen MR) is 56.6 cm³/mol. The minimum absolute atomic E-state index is 0.325. The first-order valence-electron chi connectivity index (χ1n) is 4.51. The molecule has 0 bridgehead atoms. The highest BCUT2D eigenvalue weighted by molar-refractivity contribution is 6.33. The van der Waals surface area contributed by atoms with E-state index in [9.17, 15) is 4.39 Å². The highest BCUT2D eigenvalue weighted by atomic mass is 35.5. The third-order valence-electron chi connectivity index (χ3n) is 2.08. The molecule has 1 aromatic rings. The Morgan fingerprint density at radius 1 is 1.43 bits per heavy atom. The summed E-state index contributed by atoms with van der Waals surface area (Å²) in [6.07, 6.45) is 2.01. The molecule has 1 aliphatic rings. The number of nitrogens with zero attached hydrogens (tertiary/aromatic N) is 1. The summed E-state index contributed by atoms with van der Waals surface area (Å²) in [5, 5.41) is 3.48. The monoisotopic (exact) mass is 212 g/mol. The number of hydrogen-bond acceptors (Lipinski definition) is 2. The summed E-state index contributed by atoms with van der Waals surface area (Å²) >= 11 is 5.85. The lowest BCUT2D eigenvalue weighted by Crippen LogP contribution is -2.08. The van der Waals surface area contributed by atoms with Gasteiger partial charge in [-0.15, -0.1) is 0 Å². The second kappa shape index (κ2) is 3.96. The van der Waals surface area contributed by atoms with Crippen molar-refractivity contribution in [3.8, 4) is 0 Å². The third-order valence-corrected chi connectivity index (χ3v) is 2.40. The van der Waals surface area contributed by atoms with Crippen LogP contribution in [0.1, 0.15) is 12.8 Å². The number of hydrogen-bond donors (Lipinski definition) is 1. The lowest BCUT2D eigenvalue weighted by molar-refractivity contribution is 0.628. The van der Waals surface area contributed by atoms with Crippen molar-refractivity contribution < 1.29 is 4.39 Å². The number of aliphatic imine (C=N–C) groups is 1. The quantitative estimate of drug-likeness (QED) is 0.760. The average Bonchev–Trinajstić information content (AvgIpc) is 2.62. The number of anilines is 1. The van der Waals surface area contributed by atoms with Crippen LogP contribution >= 0.6 is 11.6 Å². The number of benzene rings is 1. The van der Waals surface area contributed by atoms with Gasteiger partial charge in [0.05, 0.1) is 10.7 Å². The highest BCUT2D eigenvalue weighted by Gasteiger charge is 2.08. The Bertz CT molecular complexity index is 376. The first kappa shape index (κ1) is 9.46. The van der Waals surface area contributed by atoms with E-state index < -0.39 is 0 Å². The Balaban J connectivity index is 2.16. The summed E-state index contributed by atoms with van der Waals surface area (Å²) in [7, 11) is 0. The molecule has 14 heavy (non-hydrogen) atoms. The van der Waals surface area contributed by atoms with E-state index in [-0.39, 0.29) is 5.82 Å². The van der Waals surface area contributed by atoms with Gasteiger partial charge in [0, 0.05) is 13.0 Å². The molecule has 1 aromatic carbocycles. The van der Waals surface area contributed by atoms with E-state index in [0.717, 1.165) is 25.2 Å². The third kappa shape index (κ3) is 2.04. The van der Waals surface area contributed by atoms with Gasteiger partial charge < -0.3 is 5.32 Å². The topological polar surface area (TPSA) is 24.4 Å². The van der Waals surface area contributed by atoms with E-state index in [0.29, 0.717) is 10.7 Å². The van der Waals surface area contributed by atoms with Gasteiger partial charge in [-0.05, 0) is 24.6 Å². The van der Waals surface area contributed by atoms with Crippen molar-refractivity contribution in [1.29, 1.82) is 0 Å². The zero-order valence-electron chi connectivity index (χ0n) is 7.56. The van der Waals surface area contributed by atoms with Crippen molar-refractivity contribution in [3.63, 3.8) is 0 Å². The zero-order valence-corrected chi connectivity index (χ0v) is 8.31. The van der Waals surface area contributed by atoms with E-state index in [2.05, 4.69) is 10.3 Å². The highest BCUT2D eigenvalue weighted by Crippen LogP contribution is 2.23. The Labute approximate surface area is 86.8 Å².